The summed E-state index contributed by atoms with van der Waals surface area (Å²) in [5, 5.41) is 23.0. The van der Waals surface area contributed by atoms with Gasteiger partial charge >= 0.3 is 5.97 Å². The molecule has 10 heteroatoms. The molecule has 3 N–H and O–H groups in total. The molecule has 4 rings (SSSR count). The normalized spacial score (nSPS) is 16.7. The highest BCUT2D eigenvalue weighted by atomic mass is 35.5. The highest BCUT2D eigenvalue weighted by Gasteiger charge is 2.37. The van der Waals surface area contributed by atoms with Gasteiger partial charge in [-0.25, -0.2) is 4.39 Å². The van der Waals surface area contributed by atoms with Crippen LogP contribution < -0.4 is 5.32 Å². The van der Waals surface area contributed by atoms with Gasteiger partial charge in [-0.2, -0.15) is 0 Å². The van der Waals surface area contributed by atoms with E-state index in [1.807, 2.05) is 12.1 Å². The summed E-state index contributed by atoms with van der Waals surface area (Å²) in [5.41, 5.74) is 2.33. The van der Waals surface area contributed by atoms with Crippen molar-refractivity contribution in [3.8, 4) is 11.1 Å². The lowest BCUT2D eigenvalue weighted by Gasteiger charge is -2.47. The Morgan fingerprint density at radius 2 is 1.94 bits per heavy atom. The molecule has 0 spiro atoms. The van der Waals surface area contributed by atoms with Gasteiger partial charge in [-0.05, 0) is 47.6 Å². The van der Waals surface area contributed by atoms with E-state index in [1.54, 1.807) is 18.2 Å². The molecular formula is C26H29ClFN5O3. The van der Waals surface area contributed by atoms with E-state index in [0.717, 1.165) is 18.7 Å². The maximum atomic E-state index is 14.3. The van der Waals surface area contributed by atoms with Gasteiger partial charge in [0.1, 0.15) is 11.5 Å². The number of halogens is 2. The van der Waals surface area contributed by atoms with Crippen LogP contribution in [0.4, 0.5) is 4.39 Å². The lowest BCUT2D eigenvalue weighted by molar-refractivity contribution is -0.144. The fraction of sp³-hybridized carbons (Fsp3) is 0.385. The van der Waals surface area contributed by atoms with Crippen LogP contribution in [0.25, 0.3) is 11.1 Å². The number of aromatic amines is 1. The summed E-state index contributed by atoms with van der Waals surface area (Å²) in [6, 6.07) is 11.2. The van der Waals surface area contributed by atoms with E-state index in [4.69, 9.17) is 11.6 Å². The molecule has 1 aromatic heterocycles. The first-order valence-electron chi connectivity index (χ1n) is 11.8. The Kier molecular flexibility index (Phi) is 7.70. The third-order valence-electron chi connectivity index (χ3n) is 6.37. The maximum absolute atomic E-state index is 14.3. The van der Waals surface area contributed by atoms with E-state index in [0.29, 0.717) is 29.1 Å². The average Bonchev–Trinajstić information content (AvgIpc) is 3.34. The van der Waals surface area contributed by atoms with Crippen LogP contribution in [-0.4, -0.2) is 63.0 Å². The molecule has 1 saturated heterocycles. The van der Waals surface area contributed by atoms with Crippen molar-refractivity contribution in [2.45, 2.75) is 32.7 Å². The zero-order chi connectivity index (χ0) is 25.9. The monoisotopic (exact) mass is 513 g/mol. The van der Waals surface area contributed by atoms with Gasteiger partial charge < -0.3 is 15.3 Å². The van der Waals surface area contributed by atoms with Crippen molar-refractivity contribution in [2.75, 3.05) is 19.6 Å². The summed E-state index contributed by atoms with van der Waals surface area (Å²) >= 11 is 6.03. The number of rotatable bonds is 10. The summed E-state index contributed by atoms with van der Waals surface area (Å²) in [6.45, 7) is 6.41. The lowest BCUT2D eigenvalue weighted by Crippen LogP contribution is -2.55. The van der Waals surface area contributed by atoms with Crippen LogP contribution in [0, 0.1) is 17.2 Å². The van der Waals surface area contributed by atoms with Gasteiger partial charge in [-0.15, -0.1) is 5.10 Å². The third kappa shape index (κ3) is 6.47. The Hall–Kier alpha value is -3.30. The number of carbonyl (C=O) groups excluding carboxylic acids is 1. The molecule has 1 aliphatic rings. The Morgan fingerprint density at radius 3 is 2.56 bits per heavy atom. The molecule has 1 aliphatic heterocycles. The molecule has 2 aromatic carbocycles. The minimum atomic E-state index is -0.894. The standard InChI is InChI=1S/C26H29ClFN5O3/c1-26(2)14-33(15-26)13-18(25(35)36)10-20(30-24(34)23-12-29-32-31-23)9-16-3-5-17(6-4-16)21-11-19(27)7-8-22(21)28/h3-8,11-12,18,20H,9-10,13-15H2,1-2H3,(H,30,34)(H,35,36)(H,29,31,32)/t18-,20+/m0/s1. The molecule has 36 heavy (non-hydrogen) atoms. The Morgan fingerprint density at radius 1 is 1.22 bits per heavy atom. The summed E-state index contributed by atoms with van der Waals surface area (Å²) in [4.78, 5) is 26.9. The molecular weight excluding hydrogens is 485 g/mol. The third-order valence-corrected chi connectivity index (χ3v) is 6.61. The van der Waals surface area contributed by atoms with Crippen molar-refractivity contribution < 1.29 is 19.1 Å². The number of aliphatic carboxylic acids is 1. The van der Waals surface area contributed by atoms with Crippen molar-refractivity contribution in [1.29, 1.82) is 0 Å². The van der Waals surface area contributed by atoms with Crippen molar-refractivity contribution >= 4 is 23.5 Å². The van der Waals surface area contributed by atoms with Crippen LogP contribution in [-0.2, 0) is 11.2 Å². The molecule has 1 fully saturated rings. The van der Waals surface area contributed by atoms with E-state index in [-0.39, 0.29) is 23.3 Å². The van der Waals surface area contributed by atoms with Gasteiger partial charge in [-0.3, -0.25) is 14.7 Å². The number of hydrogen-bond donors (Lipinski definition) is 3. The van der Waals surface area contributed by atoms with Crippen molar-refractivity contribution in [1.82, 2.24) is 25.6 Å². The SMILES string of the molecule is CC1(C)CN(C[C@H](C[C@@H](Cc2ccc(-c3cc(Cl)ccc3F)cc2)NC(=O)c2cnn[nH]2)C(=O)O)C1. The number of nitrogens with zero attached hydrogens (tertiary/aromatic N) is 3. The van der Waals surface area contributed by atoms with Crippen molar-refractivity contribution in [2.24, 2.45) is 11.3 Å². The zero-order valence-electron chi connectivity index (χ0n) is 20.2. The lowest BCUT2D eigenvalue weighted by atomic mass is 9.83. The largest absolute Gasteiger partial charge is 0.481 e. The van der Waals surface area contributed by atoms with Gasteiger partial charge in [0.05, 0.1) is 12.1 Å². The van der Waals surface area contributed by atoms with E-state index >= 15 is 0 Å². The number of nitrogens with one attached hydrogen (secondary N) is 2. The number of hydrogen-bond acceptors (Lipinski definition) is 5. The summed E-state index contributed by atoms with van der Waals surface area (Å²) in [7, 11) is 0. The Labute approximate surface area is 213 Å². The molecule has 1 amide bonds. The molecule has 0 bridgehead atoms. The second-order valence-corrected chi connectivity index (χ2v) is 10.6. The first-order valence-corrected chi connectivity index (χ1v) is 12.1. The van der Waals surface area contributed by atoms with Crippen LogP contribution in [0.2, 0.25) is 5.02 Å². The first-order chi connectivity index (χ1) is 17.1. The fourth-order valence-electron chi connectivity index (χ4n) is 4.79. The van der Waals surface area contributed by atoms with Crippen LogP contribution in [0.1, 0.15) is 36.3 Å². The van der Waals surface area contributed by atoms with Crippen LogP contribution >= 0.6 is 11.6 Å². The molecule has 3 aromatic rings. The van der Waals surface area contributed by atoms with Crippen LogP contribution in [0.3, 0.4) is 0 Å². The summed E-state index contributed by atoms with van der Waals surface area (Å²) < 4.78 is 14.3. The number of likely N-dealkylation sites (tertiary alicyclic amines) is 1. The minimum absolute atomic E-state index is 0.189. The number of carbonyl (C=O) groups is 2. The van der Waals surface area contributed by atoms with Crippen LogP contribution in [0.15, 0.2) is 48.7 Å². The van der Waals surface area contributed by atoms with E-state index < -0.39 is 23.8 Å². The van der Waals surface area contributed by atoms with Gasteiger partial charge in [0, 0.05) is 36.3 Å². The zero-order valence-corrected chi connectivity index (χ0v) is 20.9. The Bertz CT molecular complexity index is 1210. The molecule has 0 radical (unpaired) electrons. The number of aromatic nitrogens is 3. The van der Waals surface area contributed by atoms with Crippen LogP contribution in [0.5, 0.6) is 0 Å². The van der Waals surface area contributed by atoms with E-state index in [9.17, 15) is 19.1 Å². The summed E-state index contributed by atoms with van der Waals surface area (Å²) in [5.74, 6) is -2.32. The second-order valence-electron chi connectivity index (χ2n) is 10.2. The molecule has 8 nitrogen and oxygen atoms in total. The highest BCUT2D eigenvalue weighted by molar-refractivity contribution is 6.30. The predicted octanol–water partition coefficient (Wildman–Crippen LogP) is 4.04. The van der Waals surface area contributed by atoms with Crippen molar-refractivity contribution in [3.63, 3.8) is 0 Å². The molecule has 190 valence electrons. The number of H-pyrrole nitrogens is 1. The summed E-state index contributed by atoms with van der Waals surface area (Å²) in [6.07, 6.45) is 1.97. The van der Waals surface area contributed by atoms with Crippen molar-refractivity contribution in [3.05, 3.63) is 70.8 Å². The maximum Gasteiger partial charge on any atom is 0.307 e. The molecule has 0 unspecified atom stereocenters. The smallest absolute Gasteiger partial charge is 0.307 e. The van der Waals surface area contributed by atoms with E-state index in [1.165, 1.54) is 18.3 Å². The van der Waals surface area contributed by atoms with Gasteiger partial charge in [-0.1, -0.05) is 54.9 Å². The van der Waals surface area contributed by atoms with Gasteiger partial charge in [0.25, 0.3) is 5.91 Å². The molecule has 2 heterocycles. The quantitative estimate of drug-likeness (QED) is 0.377. The molecule has 2 atom stereocenters. The molecule has 0 saturated carbocycles. The highest BCUT2D eigenvalue weighted by Crippen LogP contribution is 2.30. The molecule has 0 aliphatic carbocycles. The fourth-order valence-corrected chi connectivity index (χ4v) is 4.96. The predicted molar refractivity (Wildman–Crippen MR) is 134 cm³/mol. The topological polar surface area (TPSA) is 111 Å². The number of amides is 1. The number of benzene rings is 2. The number of carboxylic acids is 1. The van der Waals surface area contributed by atoms with Gasteiger partial charge in [0.15, 0.2) is 0 Å². The van der Waals surface area contributed by atoms with E-state index in [2.05, 4.69) is 39.5 Å². The Balaban J connectivity index is 1.50. The first kappa shape index (κ1) is 25.8. The number of carboxylic acid groups (broad SMARTS) is 1. The second kappa shape index (κ2) is 10.8. The minimum Gasteiger partial charge on any atom is -0.481 e. The van der Waals surface area contributed by atoms with Gasteiger partial charge in [0.2, 0.25) is 0 Å². The average molecular weight is 514 g/mol.